The van der Waals surface area contributed by atoms with Gasteiger partial charge in [0.25, 0.3) is 0 Å². The van der Waals surface area contributed by atoms with Crippen LogP contribution in [0.3, 0.4) is 0 Å². The van der Waals surface area contributed by atoms with Gasteiger partial charge in [-0.25, -0.2) is 4.79 Å². The molecule has 2 N–H and O–H groups in total. The van der Waals surface area contributed by atoms with Crippen molar-refractivity contribution in [1.82, 2.24) is 10.2 Å². The summed E-state index contributed by atoms with van der Waals surface area (Å²) in [4.78, 5) is 13.8. The monoisotopic (exact) mass is 434 g/mol. The van der Waals surface area contributed by atoms with Gasteiger partial charge in [-0.2, -0.15) is 0 Å². The highest BCUT2D eigenvalue weighted by Gasteiger charge is 2.13. The van der Waals surface area contributed by atoms with Crippen molar-refractivity contribution in [2.45, 2.75) is 40.0 Å². The maximum absolute atomic E-state index is 11.7. The quantitative estimate of drug-likeness (QED) is 0.439. The number of nitrogens with zero attached hydrogens (tertiary/aromatic N) is 1. The first-order valence-corrected chi connectivity index (χ1v) is 10.7. The Morgan fingerprint density at radius 2 is 1.90 bits per heavy atom. The van der Waals surface area contributed by atoms with Crippen molar-refractivity contribution < 1.29 is 28.5 Å². The third-order valence-electron chi connectivity index (χ3n) is 4.79. The fourth-order valence-corrected chi connectivity index (χ4v) is 3.07. The van der Waals surface area contributed by atoms with E-state index in [1.165, 1.54) is 0 Å². The van der Waals surface area contributed by atoms with Crippen LogP contribution in [0.5, 0.6) is 11.5 Å². The number of ether oxygens (including phenoxy) is 3. The number of rotatable bonds is 14. The molecule has 0 unspecified atom stereocenters. The van der Waals surface area contributed by atoms with Crippen LogP contribution < -0.4 is 14.8 Å². The summed E-state index contributed by atoms with van der Waals surface area (Å²) in [5, 5.41) is 13.5. The van der Waals surface area contributed by atoms with E-state index in [4.69, 9.17) is 18.6 Å². The van der Waals surface area contributed by atoms with E-state index < -0.39 is 12.1 Å². The molecule has 1 heterocycles. The number of hydrogen-bond donors (Lipinski definition) is 2. The molecule has 172 valence electrons. The van der Waals surface area contributed by atoms with E-state index in [1.807, 2.05) is 18.2 Å². The van der Waals surface area contributed by atoms with Gasteiger partial charge >= 0.3 is 5.97 Å². The van der Waals surface area contributed by atoms with Gasteiger partial charge in [0.15, 0.2) is 11.5 Å². The Morgan fingerprint density at radius 3 is 2.58 bits per heavy atom. The highest BCUT2D eigenvalue weighted by atomic mass is 16.5. The fourth-order valence-electron chi connectivity index (χ4n) is 3.07. The molecule has 0 spiro atoms. The molecule has 0 saturated carbocycles. The second-order valence-electron chi connectivity index (χ2n) is 7.03. The van der Waals surface area contributed by atoms with Gasteiger partial charge < -0.3 is 34.0 Å². The zero-order valence-corrected chi connectivity index (χ0v) is 18.8. The van der Waals surface area contributed by atoms with E-state index in [0.29, 0.717) is 43.5 Å². The summed E-state index contributed by atoms with van der Waals surface area (Å²) in [5.41, 5.74) is 1.00. The molecule has 0 saturated heterocycles. The molecule has 1 aromatic heterocycles. The Morgan fingerprint density at radius 1 is 1.13 bits per heavy atom. The molecule has 31 heavy (non-hydrogen) atoms. The third-order valence-corrected chi connectivity index (χ3v) is 4.79. The van der Waals surface area contributed by atoms with Crippen molar-refractivity contribution in [2.75, 3.05) is 40.0 Å². The number of carbonyl (C=O) groups excluding carboxylic acids is 1. The summed E-state index contributed by atoms with van der Waals surface area (Å²) in [7, 11) is 1.59. The number of esters is 1. The lowest BCUT2D eigenvalue weighted by molar-refractivity contribution is 0.0488. The molecule has 0 aliphatic rings. The van der Waals surface area contributed by atoms with Crippen molar-refractivity contribution in [3.63, 3.8) is 0 Å². The van der Waals surface area contributed by atoms with E-state index in [0.717, 1.165) is 18.7 Å². The first-order chi connectivity index (χ1) is 15.0. The Bertz CT molecular complexity index is 803. The van der Waals surface area contributed by atoms with Crippen LogP contribution in [-0.4, -0.2) is 62.0 Å². The van der Waals surface area contributed by atoms with Gasteiger partial charge in [-0.1, -0.05) is 19.9 Å². The van der Waals surface area contributed by atoms with Gasteiger partial charge in [0.1, 0.15) is 18.5 Å². The average Bonchev–Trinajstić information content (AvgIpc) is 3.25. The van der Waals surface area contributed by atoms with Crippen molar-refractivity contribution >= 4 is 5.97 Å². The number of aliphatic hydroxyl groups is 1. The molecule has 0 fully saturated rings. The van der Waals surface area contributed by atoms with Crippen LogP contribution in [0.15, 0.2) is 34.7 Å². The molecular formula is C23H34N2O6. The highest BCUT2D eigenvalue weighted by molar-refractivity contribution is 5.86. The van der Waals surface area contributed by atoms with Crippen LogP contribution in [0, 0.1) is 0 Å². The molecule has 2 rings (SSSR count). The Hall–Kier alpha value is -2.55. The number of furan rings is 1. The fraction of sp³-hybridized carbons (Fsp3) is 0.522. The Kier molecular flexibility index (Phi) is 10.4. The largest absolute Gasteiger partial charge is 0.493 e. The molecule has 8 heteroatoms. The van der Waals surface area contributed by atoms with Gasteiger partial charge in [0.05, 0.1) is 20.3 Å². The molecule has 1 aromatic carbocycles. The zero-order valence-electron chi connectivity index (χ0n) is 18.8. The minimum atomic E-state index is -0.571. The van der Waals surface area contributed by atoms with Crippen molar-refractivity contribution in [3.8, 4) is 11.5 Å². The number of methoxy groups -OCH3 is 1. The lowest BCUT2D eigenvalue weighted by atomic mass is 10.2. The van der Waals surface area contributed by atoms with Crippen LogP contribution >= 0.6 is 0 Å². The number of nitrogens with one attached hydrogen (secondary N) is 1. The van der Waals surface area contributed by atoms with Gasteiger partial charge in [0.2, 0.25) is 5.76 Å². The number of benzene rings is 1. The second kappa shape index (κ2) is 13.0. The van der Waals surface area contributed by atoms with E-state index >= 15 is 0 Å². The third kappa shape index (κ3) is 7.90. The van der Waals surface area contributed by atoms with Crippen LogP contribution in [-0.2, 0) is 17.8 Å². The molecule has 0 amide bonds. The predicted molar refractivity (Wildman–Crippen MR) is 117 cm³/mol. The molecular weight excluding hydrogens is 400 g/mol. The van der Waals surface area contributed by atoms with E-state index in [2.05, 4.69) is 24.1 Å². The smallest absolute Gasteiger partial charge is 0.374 e. The van der Waals surface area contributed by atoms with Gasteiger partial charge in [-0.15, -0.1) is 0 Å². The summed E-state index contributed by atoms with van der Waals surface area (Å²) in [6, 6.07) is 9.03. The molecule has 2 aromatic rings. The van der Waals surface area contributed by atoms with Gasteiger partial charge in [-0.3, -0.25) is 0 Å². The van der Waals surface area contributed by atoms with Crippen LogP contribution in [0.1, 0.15) is 42.6 Å². The summed E-state index contributed by atoms with van der Waals surface area (Å²) in [6.45, 7) is 9.80. The van der Waals surface area contributed by atoms with Crippen LogP contribution in [0.4, 0.5) is 0 Å². The number of hydrogen-bond acceptors (Lipinski definition) is 8. The van der Waals surface area contributed by atoms with Gasteiger partial charge in [0, 0.05) is 13.1 Å². The van der Waals surface area contributed by atoms with Crippen molar-refractivity contribution in [2.24, 2.45) is 0 Å². The standard InChI is InChI=1S/C23H34N2O6/c1-5-25(6-2)15-18(26)16-30-20-10-8-17(12-22(20)28-4)13-24-14-19-9-11-21(31-19)23(27)29-7-3/h8-12,18,24,26H,5-7,13-16H2,1-4H3/t18-/m0/s1. The number of likely N-dealkylation sites (N-methyl/N-ethyl adjacent to an activating group) is 1. The minimum Gasteiger partial charge on any atom is -0.493 e. The lowest BCUT2D eigenvalue weighted by Gasteiger charge is -2.22. The molecule has 0 aliphatic heterocycles. The molecule has 0 bridgehead atoms. The van der Waals surface area contributed by atoms with Crippen LogP contribution in [0.2, 0.25) is 0 Å². The second-order valence-corrected chi connectivity index (χ2v) is 7.03. The van der Waals surface area contributed by atoms with Crippen LogP contribution in [0.25, 0.3) is 0 Å². The topological polar surface area (TPSA) is 93.4 Å². The SMILES string of the molecule is CCOC(=O)c1ccc(CNCc2ccc(OC[C@@H](O)CN(CC)CC)c(OC)c2)o1. The number of carbonyl (C=O) groups is 1. The maximum Gasteiger partial charge on any atom is 0.374 e. The normalized spacial score (nSPS) is 12.1. The Balaban J connectivity index is 1.85. The van der Waals surface area contributed by atoms with E-state index in [1.54, 1.807) is 26.2 Å². The first-order valence-electron chi connectivity index (χ1n) is 10.7. The predicted octanol–water partition coefficient (Wildman–Crippen LogP) is 2.84. The molecule has 0 radical (unpaired) electrons. The van der Waals surface area contributed by atoms with E-state index in [9.17, 15) is 9.90 Å². The highest BCUT2D eigenvalue weighted by Crippen LogP contribution is 2.28. The molecule has 1 atom stereocenters. The lowest BCUT2D eigenvalue weighted by Crippen LogP contribution is -2.35. The first kappa shape index (κ1) is 24.7. The molecule has 8 nitrogen and oxygen atoms in total. The van der Waals surface area contributed by atoms with E-state index in [-0.39, 0.29) is 12.4 Å². The minimum absolute atomic E-state index is 0.199. The maximum atomic E-state index is 11.7. The summed E-state index contributed by atoms with van der Waals surface area (Å²) < 4.78 is 21.6. The summed E-state index contributed by atoms with van der Waals surface area (Å²) in [5.74, 6) is 1.59. The van der Waals surface area contributed by atoms with Gasteiger partial charge in [-0.05, 0) is 49.8 Å². The number of aliphatic hydroxyl groups excluding tert-OH is 1. The summed E-state index contributed by atoms with van der Waals surface area (Å²) in [6.07, 6.45) is -0.571. The Labute approximate surface area is 184 Å². The van der Waals surface area contributed by atoms with Crippen molar-refractivity contribution in [3.05, 3.63) is 47.4 Å². The summed E-state index contributed by atoms with van der Waals surface area (Å²) >= 11 is 0. The average molecular weight is 435 g/mol. The molecule has 0 aliphatic carbocycles. The zero-order chi connectivity index (χ0) is 22.6. The van der Waals surface area contributed by atoms with Crippen molar-refractivity contribution in [1.29, 1.82) is 0 Å².